The first-order valence-corrected chi connectivity index (χ1v) is 7.23. The monoisotopic (exact) mass is 262 g/mol. The van der Waals surface area contributed by atoms with Crippen molar-refractivity contribution < 1.29 is 4.74 Å². The largest absolute Gasteiger partial charge is 0.496 e. The number of piperidine rings is 1. The molecule has 1 aliphatic heterocycles. The first-order chi connectivity index (χ1) is 9.15. The van der Waals surface area contributed by atoms with Crippen molar-refractivity contribution >= 4 is 0 Å². The van der Waals surface area contributed by atoms with Crippen molar-refractivity contribution in [3.63, 3.8) is 0 Å². The van der Waals surface area contributed by atoms with Crippen LogP contribution in [-0.2, 0) is 5.41 Å². The van der Waals surface area contributed by atoms with E-state index in [1.165, 1.54) is 11.1 Å². The summed E-state index contributed by atoms with van der Waals surface area (Å²) in [5.74, 6) is 0.987. The van der Waals surface area contributed by atoms with E-state index in [2.05, 4.69) is 36.9 Å². The van der Waals surface area contributed by atoms with Gasteiger partial charge in [-0.1, -0.05) is 24.6 Å². The van der Waals surface area contributed by atoms with Gasteiger partial charge in [0, 0.05) is 17.5 Å². The molecule has 2 N–H and O–H groups in total. The smallest absolute Gasteiger partial charge is 0.122 e. The third-order valence-corrected chi connectivity index (χ3v) is 4.58. The molecule has 1 aromatic rings. The normalized spacial score (nSPS) is 19.4. The van der Waals surface area contributed by atoms with Gasteiger partial charge in [-0.25, -0.2) is 0 Å². The molecule has 1 saturated heterocycles. The number of hydrogen-bond donors (Lipinski definition) is 1. The lowest BCUT2D eigenvalue weighted by molar-refractivity contribution is 0.166. The maximum Gasteiger partial charge on any atom is 0.122 e. The van der Waals surface area contributed by atoms with Gasteiger partial charge in [-0.2, -0.15) is 0 Å². The SMILES string of the molecule is CCN1CCC(CN)(c2cc(C)ccc2OC)CC1. The highest BCUT2D eigenvalue weighted by molar-refractivity contribution is 5.43. The zero-order valence-electron chi connectivity index (χ0n) is 12.4. The molecule has 2 rings (SSSR count). The second kappa shape index (κ2) is 5.93. The van der Waals surface area contributed by atoms with Crippen molar-refractivity contribution in [2.75, 3.05) is 33.3 Å². The predicted octanol–water partition coefficient (Wildman–Crippen LogP) is 2.32. The molecule has 1 heterocycles. The molecule has 3 heteroatoms. The van der Waals surface area contributed by atoms with E-state index < -0.39 is 0 Å². The Morgan fingerprint density at radius 2 is 2.00 bits per heavy atom. The zero-order chi connectivity index (χ0) is 13.9. The molecule has 1 aliphatic rings. The van der Waals surface area contributed by atoms with Crippen molar-refractivity contribution in [2.24, 2.45) is 5.73 Å². The number of aryl methyl sites for hydroxylation is 1. The van der Waals surface area contributed by atoms with Gasteiger partial charge in [0.2, 0.25) is 0 Å². The van der Waals surface area contributed by atoms with Crippen LogP contribution in [0.2, 0.25) is 0 Å². The van der Waals surface area contributed by atoms with Crippen LogP contribution in [-0.4, -0.2) is 38.2 Å². The quantitative estimate of drug-likeness (QED) is 0.905. The summed E-state index contributed by atoms with van der Waals surface area (Å²) >= 11 is 0. The minimum absolute atomic E-state index is 0.0863. The van der Waals surface area contributed by atoms with E-state index in [0.29, 0.717) is 6.54 Å². The van der Waals surface area contributed by atoms with E-state index in [4.69, 9.17) is 10.5 Å². The van der Waals surface area contributed by atoms with E-state index in [1.807, 2.05) is 0 Å². The zero-order valence-corrected chi connectivity index (χ0v) is 12.4. The van der Waals surface area contributed by atoms with Crippen LogP contribution in [0.15, 0.2) is 18.2 Å². The highest BCUT2D eigenvalue weighted by Gasteiger charge is 2.36. The average Bonchev–Trinajstić information content (AvgIpc) is 2.47. The van der Waals surface area contributed by atoms with E-state index >= 15 is 0 Å². The Balaban J connectivity index is 2.34. The molecule has 0 atom stereocenters. The summed E-state index contributed by atoms with van der Waals surface area (Å²) in [7, 11) is 1.75. The van der Waals surface area contributed by atoms with Crippen molar-refractivity contribution in [3.8, 4) is 5.75 Å². The molecule has 19 heavy (non-hydrogen) atoms. The van der Waals surface area contributed by atoms with Crippen LogP contribution in [0, 0.1) is 6.92 Å². The Morgan fingerprint density at radius 1 is 1.32 bits per heavy atom. The van der Waals surface area contributed by atoms with Gasteiger partial charge < -0.3 is 15.4 Å². The molecular formula is C16H26N2O. The molecule has 0 bridgehead atoms. The van der Waals surface area contributed by atoms with Crippen LogP contribution < -0.4 is 10.5 Å². The lowest BCUT2D eigenvalue weighted by Gasteiger charge is -2.42. The summed E-state index contributed by atoms with van der Waals surface area (Å²) in [6.45, 7) is 8.45. The van der Waals surface area contributed by atoms with Gasteiger partial charge in [0.25, 0.3) is 0 Å². The minimum atomic E-state index is 0.0863. The molecule has 1 fully saturated rings. The highest BCUT2D eigenvalue weighted by Crippen LogP contribution is 2.40. The minimum Gasteiger partial charge on any atom is -0.496 e. The second-order valence-corrected chi connectivity index (χ2v) is 5.62. The molecule has 0 saturated carbocycles. The molecule has 0 unspecified atom stereocenters. The highest BCUT2D eigenvalue weighted by atomic mass is 16.5. The van der Waals surface area contributed by atoms with Crippen molar-refractivity contribution in [3.05, 3.63) is 29.3 Å². The van der Waals surface area contributed by atoms with Crippen molar-refractivity contribution in [1.29, 1.82) is 0 Å². The molecule has 1 aromatic carbocycles. The fourth-order valence-corrected chi connectivity index (χ4v) is 3.12. The van der Waals surface area contributed by atoms with E-state index in [9.17, 15) is 0 Å². The Hall–Kier alpha value is -1.06. The van der Waals surface area contributed by atoms with Crippen LogP contribution in [0.25, 0.3) is 0 Å². The van der Waals surface area contributed by atoms with Gasteiger partial charge in [-0.05, 0) is 45.5 Å². The second-order valence-electron chi connectivity index (χ2n) is 5.62. The maximum absolute atomic E-state index is 6.16. The first-order valence-electron chi connectivity index (χ1n) is 7.23. The summed E-state index contributed by atoms with van der Waals surface area (Å²) < 4.78 is 5.56. The molecular weight excluding hydrogens is 236 g/mol. The Bertz CT molecular complexity index is 423. The number of nitrogens with zero attached hydrogens (tertiary/aromatic N) is 1. The fraction of sp³-hybridized carbons (Fsp3) is 0.625. The fourth-order valence-electron chi connectivity index (χ4n) is 3.12. The number of methoxy groups -OCH3 is 1. The topological polar surface area (TPSA) is 38.5 Å². The molecule has 0 aliphatic carbocycles. The van der Waals surface area contributed by atoms with Gasteiger partial charge in [0.1, 0.15) is 5.75 Å². The van der Waals surface area contributed by atoms with Gasteiger partial charge in [-0.15, -0.1) is 0 Å². The number of likely N-dealkylation sites (tertiary alicyclic amines) is 1. The third-order valence-electron chi connectivity index (χ3n) is 4.58. The van der Waals surface area contributed by atoms with Crippen LogP contribution in [0.4, 0.5) is 0 Å². The summed E-state index contributed by atoms with van der Waals surface area (Å²) in [6.07, 6.45) is 2.24. The molecule has 0 aromatic heterocycles. The molecule has 0 radical (unpaired) electrons. The number of benzene rings is 1. The molecule has 106 valence electrons. The molecule has 3 nitrogen and oxygen atoms in total. The van der Waals surface area contributed by atoms with Crippen LogP contribution in [0.1, 0.15) is 30.9 Å². The maximum atomic E-state index is 6.16. The predicted molar refractivity (Wildman–Crippen MR) is 79.8 cm³/mol. The van der Waals surface area contributed by atoms with Crippen molar-refractivity contribution in [1.82, 2.24) is 4.90 Å². The van der Waals surface area contributed by atoms with Gasteiger partial charge >= 0.3 is 0 Å². The van der Waals surface area contributed by atoms with Crippen molar-refractivity contribution in [2.45, 2.75) is 32.1 Å². The average molecular weight is 262 g/mol. The van der Waals surface area contributed by atoms with E-state index in [-0.39, 0.29) is 5.41 Å². The summed E-state index contributed by atoms with van der Waals surface area (Å²) in [4.78, 5) is 2.50. The Kier molecular flexibility index (Phi) is 4.48. The Labute approximate surface area is 116 Å². The van der Waals surface area contributed by atoms with Crippen LogP contribution >= 0.6 is 0 Å². The van der Waals surface area contributed by atoms with Crippen LogP contribution in [0.3, 0.4) is 0 Å². The van der Waals surface area contributed by atoms with E-state index in [0.717, 1.165) is 38.2 Å². The third kappa shape index (κ3) is 2.77. The van der Waals surface area contributed by atoms with E-state index in [1.54, 1.807) is 7.11 Å². The molecule has 0 amide bonds. The van der Waals surface area contributed by atoms with Crippen LogP contribution in [0.5, 0.6) is 5.75 Å². The number of ether oxygens (including phenoxy) is 1. The van der Waals surface area contributed by atoms with Gasteiger partial charge in [-0.3, -0.25) is 0 Å². The number of rotatable bonds is 4. The summed E-state index contributed by atoms with van der Waals surface area (Å²) in [5.41, 5.74) is 8.82. The first kappa shape index (κ1) is 14.4. The van der Waals surface area contributed by atoms with Gasteiger partial charge in [0.05, 0.1) is 7.11 Å². The lowest BCUT2D eigenvalue weighted by Crippen LogP contribution is -2.46. The molecule has 0 spiro atoms. The van der Waals surface area contributed by atoms with Gasteiger partial charge in [0.15, 0.2) is 0 Å². The lowest BCUT2D eigenvalue weighted by atomic mass is 9.72. The standard InChI is InChI=1S/C16H26N2O/c1-4-18-9-7-16(12-17,8-10-18)14-11-13(2)5-6-15(14)19-3/h5-6,11H,4,7-10,12,17H2,1-3H3. The number of hydrogen-bond acceptors (Lipinski definition) is 3. The Morgan fingerprint density at radius 3 is 2.53 bits per heavy atom. The summed E-state index contributed by atoms with van der Waals surface area (Å²) in [6, 6.07) is 6.44. The summed E-state index contributed by atoms with van der Waals surface area (Å²) in [5, 5.41) is 0. The number of nitrogens with two attached hydrogens (primary N) is 1.